The molecule has 0 saturated heterocycles. The van der Waals surface area contributed by atoms with Crippen molar-refractivity contribution in [3.63, 3.8) is 0 Å². The first-order valence-corrected chi connectivity index (χ1v) is 5.38. The fourth-order valence-corrected chi connectivity index (χ4v) is 1.40. The molecule has 0 saturated carbocycles. The molecule has 92 valence electrons. The third-order valence-corrected chi connectivity index (χ3v) is 2.33. The van der Waals surface area contributed by atoms with Crippen LogP contribution in [0, 0.1) is 13.8 Å². The minimum atomic E-state index is -1.07. The maximum atomic E-state index is 11.0. The van der Waals surface area contributed by atoms with Crippen LogP contribution in [0.2, 0.25) is 0 Å². The zero-order valence-corrected chi connectivity index (χ0v) is 10.0. The molecular formula is C13H12N2O3. The summed E-state index contributed by atoms with van der Waals surface area (Å²) in [4.78, 5) is 19.2. The van der Waals surface area contributed by atoms with E-state index in [1.165, 1.54) is 12.3 Å². The van der Waals surface area contributed by atoms with Crippen LogP contribution < -0.4 is 4.74 Å². The van der Waals surface area contributed by atoms with Crippen LogP contribution in [0.4, 0.5) is 0 Å². The zero-order chi connectivity index (χ0) is 13.1. The Morgan fingerprint density at radius 1 is 1.17 bits per heavy atom. The van der Waals surface area contributed by atoms with E-state index in [4.69, 9.17) is 9.84 Å². The molecule has 18 heavy (non-hydrogen) atoms. The van der Waals surface area contributed by atoms with Crippen LogP contribution in [0.25, 0.3) is 0 Å². The largest absolute Gasteiger partial charge is 0.477 e. The van der Waals surface area contributed by atoms with Gasteiger partial charge in [0.2, 0.25) is 5.88 Å². The Morgan fingerprint density at radius 3 is 2.50 bits per heavy atom. The van der Waals surface area contributed by atoms with Crippen molar-refractivity contribution >= 4 is 5.97 Å². The Morgan fingerprint density at radius 2 is 1.89 bits per heavy atom. The molecule has 0 amide bonds. The lowest BCUT2D eigenvalue weighted by molar-refractivity contribution is 0.0693. The first kappa shape index (κ1) is 12.0. The summed E-state index contributed by atoms with van der Waals surface area (Å²) in [5.41, 5.74) is 1.58. The summed E-state index contributed by atoms with van der Waals surface area (Å²) in [6.45, 7) is 3.63. The van der Waals surface area contributed by atoms with Crippen molar-refractivity contribution in [3.8, 4) is 11.6 Å². The van der Waals surface area contributed by atoms with Crippen LogP contribution in [0.5, 0.6) is 11.6 Å². The molecule has 2 rings (SSSR count). The number of hydrogen-bond donors (Lipinski definition) is 1. The summed E-state index contributed by atoms with van der Waals surface area (Å²) in [6, 6.07) is 6.61. The third kappa shape index (κ3) is 2.63. The molecule has 0 fully saturated rings. The molecule has 0 aliphatic heterocycles. The van der Waals surface area contributed by atoms with Gasteiger partial charge in [0.25, 0.3) is 0 Å². The van der Waals surface area contributed by atoms with Gasteiger partial charge in [-0.3, -0.25) is 4.98 Å². The van der Waals surface area contributed by atoms with E-state index < -0.39 is 5.97 Å². The van der Waals surface area contributed by atoms with Gasteiger partial charge in [-0.25, -0.2) is 9.78 Å². The summed E-state index contributed by atoms with van der Waals surface area (Å²) >= 11 is 0. The van der Waals surface area contributed by atoms with Gasteiger partial charge >= 0.3 is 5.97 Å². The van der Waals surface area contributed by atoms with Crippen molar-refractivity contribution in [1.29, 1.82) is 0 Å². The van der Waals surface area contributed by atoms with E-state index in [1.54, 1.807) is 25.1 Å². The summed E-state index contributed by atoms with van der Waals surface area (Å²) < 4.78 is 5.45. The Hall–Kier alpha value is -2.43. The van der Waals surface area contributed by atoms with Gasteiger partial charge in [0, 0.05) is 11.4 Å². The molecule has 0 spiro atoms. The van der Waals surface area contributed by atoms with Crippen LogP contribution >= 0.6 is 0 Å². The number of ether oxygens (including phenoxy) is 1. The Balaban J connectivity index is 2.35. The Kier molecular flexibility index (Phi) is 3.23. The van der Waals surface area contributed by atoms with Crippen LogP contribution in [-0.2, 0) is 0 Å². The van der Waals surface area contributed by atoms with Gasteiger partial charge in [0.15, 0.2) is 0 Å². The van der Waals surface area contributed by atoms with Crippen LogP contribution in [-0.4, -0.2) is 21.0 Å². The number of carboxylic acids is 1. The quantitative estimate of drug-likeness (QED) is 0.898. The maximum Gasteiger partial charge on any atom is 0.341 e. The molecule has 0 unspecified atom stereocenters. The molecule has 0 bridgehead atoms. The second-order valence-corrected chi connectivity index (χ2v) is 3.85. The van der Waals surface area contributed by atoms with E-state index in [-0.39, 0.29) is 11.4 Å². The third-order valence-electron chi connectivity index (χ3n) is 2.33. The van der Waals surface area contributed by atoms with Gasteiger partial charge in [-0.2, -0.15) is 0 Å². The van der Waals surface area contributed by atoms with Gasteiger partial charge in [0.05, 0.1) is 6.20 Å². The number of aromatic carboxylic acids is 1. The molecule has 2 aromatic rings. The molecule has 5 nitrogen and oxygen atoms in total. The normalized spacial score (nSPS) is 10.1. The number of nitrogens with zero attached hydrogens (tertiary/aromatic N) is 2. The fourth-order valence-electron chi connectivity index (χ4n) is 1.40. The lowest BCUT2D eigenvalue weighted by atomic mass is 10.2. The highest BCUT2D eigenvalue weighted by Gasteiger charge is 2.13. The molecule has 1 N–H and O–H groups in total. The molecule has 0 aromatic carbocycles. The SMILES string of the molecule is Cc1ccc(Oc2nc(C)ccc2C(=O)O)cn1. The second kappa shape index (κ2) is 4.83. The van der Waals surface area contributed by atoms with E-state index >= 15 is 0 Å². The number of aromatic nitrogens is 2. The molecule has 2 aromatic heterocycles. The average molecular weight is 244 g/mol. The van der Waals surface area contributed by atoms with Crippen molar-refractivity contribution < 1.29 is 14.6 Å². The first-order chi connectivity index (χ1) is 8.56. The summed E-state index contributed by atoms with van der Waals surface area (Å²) in [6.07, 6.45) is 1.53. The predicted molar refractivity (Wildman–Crippen MR) is 65.0 cm³/mol. The molecule has 0 aliphatic carbocycles. The van der Waals surface area contributed by atoms with Gasteiger partial charge < -0.3 is 9.84 Å². The van der Waals surface area contributed by atoms with E-state index in [2.05, 4.69) is 9.97 Å². The smallest absolute Gasteiger partial charge is 0.341 e. The van der Waals surface area contributed by atoms with Crippen molar-refractivity contribution in [2.24, 2.45) is 0 Å². The zero-order valence-electron chi connectivity index (χ0n) is 10.0. The monoisotopic (exact) mass is 244 g/mol. The number of carbonyl (C=O) groups is 1. The summed E-state index contributed by atoms with van der Waals surface area (Å²) in [5.74, 6) is -0.535. The van der Waals surface area contributed by atoms with E-state index in [1.807, 2.05) is 6.92 Å². The van der Waals surface area contributed by atoms with Crippen LogP contribution in [0.15, 0.2) is 30.5 Å². The van der Waals surface area contributed by atoms with Gasteiger partial charge in [-0.15, -0.1) is 0 Å². The molecule has 0 radical (unpaired) electrons. The lowest BCUT2D eigenvalue weighted by Gasteiger charge is -2.08. The number of hydrogen-bond acceptors (Lipinski definition) is 4. The van der Waals surface area contributed by atoms with Crippen molar-refractivity contribution in [1.82, 2.24) is 9.97 Å². The molecule has 2 heterocycles. The minimum Gasteiger partial charge on any atom is -0.477 e. The summed E-state index contributed by atoms with van der Waals surface area (Å²) in [7, 11) is 0. The number of rotatable bonds is 3. The highest BCUT2D eigenvalue weighted by Crippen LogP contribution is 2.23. The fraction of sp³-hybridized carbons (Fsp3) is 0.154. The number of carboxylic acid groups (broad SMARTS) is 1. The van der Waals surface area contributed by atoms with Crippen molar-refractivity contribution in [3.05, 3.63) is 47.4 Å². The van der Waals surface area contributed by atoms with Gasteiger partial charge in [0.1, 0.15) is 11.3 Å². The highest BCUT2D eigenvalue weighted by molar-refractivity contribution is 5.90. The van der Waals surface area contributed by atoms with E-state index in [0.717, 1.165) is 5.69 Å². The number of pyridine rings is 2. The Bertz CT molecular complexity index is 579. The molecule has 0 atom stereocenters. The van der Waals surface area contributed by atoms with Crippen molar-refractivity contribution in [2.75, 3.05) is 0 Å². The lowest BCUT2D eigenvalue weighted by Crippen LogP contribution is -2.03. The highest BCUT2D eigenvalue weighted by atomic mass is 16.5. The van der Waals surface area contributed by atoms with E-state index in [9.17, 15) is 4.79 Å². The van der Waals surface area contributed by atoms with E-state index in [0.29, 0.717) is 11.4 Å². The molecule has 0 aliphatic rings. The van der Waals surface area contributed by atoms with Crippen LogP contribution in [0.1, 0.15) is 21.7 Å². The maximum absolute atomic E-state index is 11.0. The topological polar surface area (TPSA) is 72.3 Å². The molecule has 5 heteroatoms. The standard InChI is InChI=1S/C13H12N2O3/c1-8-3-5-10(7-14-8)18-12-11(13(16)17)6-4-9(2)15-12/h3-7H,1-2H3,(H,16,17). The van der Waals surface area contributed by atoms with Crippen molar-refractivity contribution in [2.45, 2.75) is 13.8 Å². The predicted octanol–water partition coefficient (Wildman–Crippen LogP) is 2.58. The average Bonchev–Trinajstić information content (AvgIpc) is 2.32. The number of aryl methyl sites for hydroxylation is 2. The van der Waals surface area contributed by atoms with Crippen LogP contribution in [0.3, 0.4) is 0 Å². The van der Waals surface area contributed by atoms with Gasteiger partial charge in [-0.1, -0.05) is 0 Å². The van der Waals surface area contributed by atoms with Gasteiger partial charge in [-0.05, 0) is 38.1 Å². The molecular weight excluding hydrogens is 232 g/mol. The Labute approximate surface area is 104 Å². The first-order valence-electron chi connectivity index (χ1n) is 5.38. The second-order valence-electron chi connectivity index (χ2n) is 3.85. The summed E-state index contributed by atoms with van der Waals surface area (Å²) in [5, 5.41) is 9.04. The minimum absolute atomic E-state index is 0.0289.